The first-order valence-corrected chi connectivity index (χ1v) is 6.35. The normalized spacial score (nSPS) is 19.4. The van der Waals surface area contributed by atoms with Crippen LogP contribution in [-0.2, 0) is 5.41 Å². The largest absolute Gasteiger partial charge is 0.126 e. The summed E-state index contributed by atoms with van der Waals surface area (Å²) in [5, 5.41) is 0. The summed E-state index contributed by atoms with van der Waals surface area (Å²) in [6.45, 7) is 4.38. The summed E-state index contributed by atoms with van der Waals surface area (Å²) in [5.74, 6) is 0.775. The van der Waals surface area contributed by atoms with Crippen LogP contribution in [0.25, 0.3) is 0 Å². The van der Waals surface area contributed by atoms with Gasteiger partial charge in [0, 0.05) is 11.3 Å². The van der Waals surface area contributed by atoms with Crippen molar-refractivity contribution in [2.24, 2.45) is 0 Å². The maximum Gasteiger partial charge on any atom is 0.0320 e. The van der Waals surface area contributed by atoms with Crippen LogP contribution in [0, 0.1) is 13.8 Å². The molecule has 0 atom stereocenters. The lowest BCUT2D eigenvalue weighted by molar-refractivity contribution is 0.495. The van der Waals surface area contributed by atoms with Gasteiger partial charge in [0.05, 0.1) is 0 Å². The highest BCUT2D eigenvalue weighted by atomic mass is 35.5. The topological polar surface area (TPSA) is 0 Å². The highest BCUT2D eigenvalue weighted by Crippen LogP contribution is 2.43. The molecule has 0 heterocycles. The van der Waals surface area contributed by atoms with Gasteiger partial charge in [-0.2, -0.15) is 0 Å². The van der Waals surface area contributed by atoms with E-state index in [1.807, 2.05) is 0 Å². The first kappa shape index (κ1) is 11.0. The van der Waals surface area contributed by atoms with Gasteiger partial charge in [-0.25, -0.2) is 0 Å². The fraction of sp³-hybridized carbons (Fsp3) is 0.571. The van der Waals surface area contributed by atoms with Crippen molar-refractivity contribution in [3.63, 3.8) is 0 Å². The third kappa shape index (κ3) is 1.92. The average Bonchev–Trinajstić information content (AvgIpc) is 2.71. The Morgan fingerprint density at radius 3 is 2.47 bits per heavy atom. The van der Waals surface area contributed by atoms with Crippen molar-refractivity contribution in [1.82, 2.24) is 0 Å². The van der Waals surface area contributed by atoms with Crippen LogP contribution in [0.5, 0.6) is 0 Å². The second kappa shape index (κ2) is 4.17. The van der Waals surface area contributed by atoms with Gasteiger partial charge in [-0.1, -0.05) is 36.6 Å². The van der Waals surface area contributed by atoms with E-state index >= 15 is 0 Å². The molecule has 1 aromatic carbocycles. The molecule has 0 N–H and O–H groups in total. The number of hydrogen-bond donors (Lipinski definition) is 0. The molecular weight excluding hydrogens is 204 g/mol. The monoisotopic (exact) mass is 222 g/mol. The first-order valence-electron chi connectivity index (χ1n) is 5.82. The number of rotatable bonds is 2. The van der Waals surface area contributed by atoms with Gasteiger partial charge in [0.25, 0.3) is 0 Å². The van der Waals surface area contributed by atoms with E-state index in [1.165, 1.54) is 42.4 Å². The highest BCUT2D eigenvalue weighted by Gasteiger charge is 2.35. The summed E-state index contributed by atoms with van der Waals surface area (Å²) in [7, 11) is 0. The summed E-state index contributed by atoms with van der Waals surface area (Å²) in [6.07, 6.45) is 5.20. The number of hydrogen-bond acceptors (Lipinski definition) is 0. The lowest BCUT2D eigenvalue weighted by Gasteiger charge is -2.29. The van der Waals surface area contributed by atoms with Crippen molar-refractivity contribution in [3.05, 3.63) is 34.9 Å². The fourth-order valence-corrected chi connectivity index (χ4v) is 3.25. The Morgan fingerprint density at radius 2 is 1.87 bits per heavy atom. The zero-order valence-electron chi connectivity index (χ0n) is 9.65. The molecule has 1 aromatic rings. The van der Waals surface area contributed by atoms with Crippen LogP contribution in [0.4, 0.5) is 0 Å². The van der Waals surface area contributed by atoms with Crippen LogP contribution in [0.3, 0.4) is 0 Å². The van der Waals surface area contributed by atoms with Gasteiger partial charge < -0.3 is 0 Å². The van der Waals surface area contributed by atoms with Crippen molar-refractivity contribution in [2.45, 2.75) is 44.9 Å². The van der Waals surface area contributed by atoms with E-state index in [1.54, 1.807) is 0 Å². The summed E-state index contributed by atoms with van der Waals surface area (Å²) >= 11 is 6.22. The highest BCUT2D eigenvalue weighted by molar-refractivity contribution is 6.18. The van der Waals surface area contributed by atoms with Crippen LogP contribution in [0.15, 0.2) is 18.2 Å². The Bertz CT molecular complexity index is 348. The smallest absolute Gasteiger partial charge is 0.0320 e. The van der Waals surface area contributed by atoms with Crippen molar-refractivity contribution in [2.75, 3.05) is 5.88 Å². The molecule has 1 fully saturated rings. The Hall–Kier alpha value is -0.490. The molecule has 0 unspecified atom stereocenters. The molecule has 1 heteroatoms. The van der Waals surface area contributed by atoms with Crippen molar-refractivity contribution < 1.29 is 0 Å². The molecule has 82 valence electrons. The van der Waals surface area contributed by atoms with Gasteiger partial charge in [-0.3, -0.25) is 0 Å². The van der Waals surface area contributed by atoms with Gasteiger partial charge in [0.1, 0.15) is 0 Å². The Morgan fingerprint density at radius 1 is 1.20 bits per heavy atom. The van der Waals surface area contributed by atoms with Crippen LogP contribution < -0.4 is 0 Å². The van der Waals surface area contributed by atoms with Crippen molar-refractivity contribution in [3.8, 4) is 0 Å². The second-order valence-electron chi connectivity index (χ2n) is 4.94. The number of halogens is 1. The molecule has 1 aliphatic rings. The summed E-state index contributed by atoms with van der Waals surface area (Å²) in [5.41, 5.74) is 4.53. The number of aryl methyl sites for hydroxylation is 2. The fourth-order valence-electron chi connectivity index (χ4n) is 2.83. The minimum absolute atomic E-state index is 0.275. The van der Waals surface area contributed by atoms with Crippen molar-refractivity contribution in [1.29, 1.82) is 0 Å². The minimum atomic E-state index is 0.275. The lowest BCUT2D eigenvalue weighted by atomic mass is 9.78. The van der Waals surface area contributed by atoms with E-state index in [2.05, 4.69) is 32.0 Å². The van der Waals surface area contributed by atoms with Crippen molar-refractivity contribution >= 4 is 11.6 Å². The van der Waals surface area contributed by atoms with Gasteiger partial charge >= 0.3 is 0 Å². The molecule has 0 aromatic heterocycles. The Balaban J connectivity index is 2.46. The van der Waals surface area contributed by atoms with Crippen LogP contribution in [0.1, 0.15) is 42.4 Å². The van der Waals surface area contributed by atoms with Gasteiger partial charge in [-0.05, 0) is 37.8 Å². The maximum atomic E-state index is 6.22. The van der Waals surface area contributed by atoms with E-state index in [9.17, 15) is 0 Å². The first-order chi connectivity index (χ1) is 7.18. The van der Waals surface area contributed by atoms with E-state index in [0.29, 0.717) is 0 Å². The van der Waals surface area contributed by atoms with E-state index < -0.39 is 0 Å². The van der Waals surface area contributed by atoms with Gasteiger partial charge in [0.2, 0.25) is 0 Å². The standard InChI is InChI=1S/C14H19Cl/c1-11-5-6-12(2)13(9-11)14(10-15)7-3-4-8-14/h5-6,9H,3-4,7-8,10H2,1-2H3. The molecule has 15 heavy (non-hydrogen) atoms. The SMILES string of the molecule is Cc1ccc(C)c(C2(CCl)CCCC2)c1. The molecule has 0 saturated heterocycles. The Kier molecular flexibility index (Phi) is 3.06. The van der Waals surface area contributed by atoms with Crippen LogP contribution >= 0.6 is 11.6 Å². The minimum Gasteiger partial charge on any atom is -0.126 e. The van der Waals surface area contributed by atoms with E-state index in [-0.39, 0.29) is 5.41 Å². The summed E-state index contributed by atoms with van der Waals surface area (Å²) in [4.78, 5) is 0. The molecule has 0 spiro atoms. The quantitative estimate of drug-likeness (QED) is 0.653. The molecule has 0 bridgehead atoms. The van der Waals surface area contributed by atoms with Gasteiger partial charge in [-0.15, -0.1) is 11.6 Å². The molecule has 0 amide bonds. The maximum absolute atomic E-state index is 6.22. The molecule has 0 nitrogen and oxygen atoms in total. The molecule has 1 aliphatic carbocycles. The lowest BCUT2D eigenvalue weighted by Crippen LogP contribution is -2.25. The predicted molar refractivity (Wildman–Crippen MR) is 66.8 cm³/mol. The number of benzene rings is 1. The third-order valence-electron chi connectivity index (χ3n) is 3.78. The Labute approximate surface area is 97.6 Å². The van der Waals surface area contributed by atoms with Crippen LogP contribution in [0.2, 0.25) is 0 Å². The summed E-state index contributed by atoms with van der Waals surface area (Å²) in [6, 6.07) is 6.76. The molecule has 0 aliphatic heterocycles. The average molecular weight is 223 g/mol. The molecule has 2 rings (SSSR count). The van der Waals surface area contributed by atoms with E-state index in [0.717, 1.165) is 5.88 Å². The summed E-state index contributed by atoms with van der Waals surface area (Å²) < 4.78 is 0. The molecular formula is C14H19Cl. The molecule has 0 radical (unpaired) electrons. The van der Waals surface area contributed by atoms with Crippen LogP contribution in [-0.4, -0.2) is 5.88 Å². The molecule has 1 saturated carbocycles. The number of alkyl halides is 1. The predicted octanol–water partition coefficient (Wildman–Crippen LogP) is 4.35. The second-order valence-corrected chi connectivity index (χ2v) is 5.21. The van der Waals surface area contributed by atoms with Gasteiger partial charge in [0.15, 0.2) is 0 Å². The zero-order chi connectivity index (χ0) is 10.9. The zero-order valence-corrected chi connectivity index (χ0v) is 10.4. The van der Waals surface area contributed by atoms with E-state index in [4.69, 9.17) is 11.6 Å². The third-order valence-corrected chi connectivity index (χ3v) is 4.29.